The van der Waals surface area contributed by atoms with Gasteiger partial charge in [-0.15, -0.1) is 0 Å². The summed E-state index contributed by atoms with van der Waals surface area (Å²) < 4.78 is 0. The Morgan fingerprint density at radius 3 is 2.27 bits per heavy atom. The normalized spacial score (nSPS) is 23.4. The van der Waals surface area contributed by atoms with Crippen LogP contribution in [0, 0.1) is 29.1 Å². The van der Waals surface area contributed by atoms with Crippen molar-refractivity contribution in [1.29, 1.82) is 5.26 Å². The van der Waals surface area contributed by atoms with Crippen molar-refractivity contribution in [2.24, 2.45) is 17.8 Å². The Balaban J connectivity index is 0.000000478. The summed E-state index contributed by atoms with van der Waals surface area (Å²) in [6.07, 6.45) is 11.8. The van der Waals surface area contributed by atoms with Crippen molar-refractivity contribution in [3.63, 3.8) is 0 Å². The fourth-order valence-electron chi connectivity index (χ4n) is 10.0. The third-order valence-corrected chi connectivity index (χ3v) is 13.8. The molecule has 12 nitrogen and oxygen atoms in total. The Hall–Kier alpha value is -5.25. The van der Waals surface area contributed by atoms with Gasteiger partial charge in [-0.1, -0.05) is 43.0 Å². The number of likely N-dealkylation sites (N-methyl/N-ethyl adjacent to an activating group) is 1. The van der Waals surface area contributed by atoms with Crippen LogP contribution in [0.4, 0.5) is 5.69 Å². The van der Waals surface area contributed by atoms with Gasteiger partial charge in [0, 0.05) is 56.0 Å². The molecule has 8 rings (SSSR count). The van der Waals surface area contributed by atoms with Gasteiger partial charge in [0.2, 0.25) is 11.8 Å². The average Bonchev–Trinajstić information content (AvgIpc) is 3.86. The molecule has 0 bridgehead atoms. The van der Waals surface area contributed by atoms with Crippen molar-refractivity contribution in [2.45, 2.75) is 88.6 Å². The molecule has 0 radical (unpaired) electrons. The summed E-state index contributed by atoms with van der Waals surface area (Å²) in [6, 6.07) is 19.4. The van der Waals surface area contributed by atoms with E-state index in [0.717, 1.165) is 94.3 Å². The molecule has 13 heteroatoms. The van der Waals surface area contributed by atoms with Gasteiger partial charge in [0.25, 0.3) is 11.8 Å². The van der Waals surface area contributed by atoms with E-state index in [0.29, 0.717) is 35.3 Å². The second kappa shape index (κ2) is 19.4. The Kier molecular flexibility index (Phi) is 13.9. The molecular formula is C47H55ClN6O6. The zero-order valence-electron chi connectivity index (χ0n) is 34.3. The van der Waals surface area contributed by atoms with E-state index < -0.39 is 17.9 Å². The monoisotopic (exact) mass is 834 g/mol. The number of aromatic hydroxyl groups is 1. The van der Waals surface area contributed by atoms with E-state index in [2.05, 4.69) is 32.6 Å². The number of likely N-dealkylation sites (tertiary alicyclic amines) is 1. The number of phenols is 1. The fourth-order valence-corrected chi connectivity index (χ4v) is 10.3. The van der Waals surface area contributed by atoms with Crippen LogP contribution >= 0.6 is 11.6 Å². The van der Waals surface area contributed by atoms with E-state index in [-0.39, 0.29) is 41.0 Å². The Morgan fingerprint density at radius 1 is 0.933 bits per heavy atom. The van der Waals surface area contributed by atoms with Crippen LogP contribution in [0.15, 0.2) is 60.7 Å². The maximum atomic E-state index is 13.5. The number of fused-ring (bicyclic) bond motifs is 1. The molecule has 4 atom stereocenters. The number of imide groups is 1. The number of piperidine rings is 3. The predicted molar refractivity (Wildman–Crippen MR) is 229 cm³/mol. The first-order valence-corrected chi connectivity index (χ1v) is 21.8. The van der Waals surface area contributed by atoms with Crippen LogP contribution in [0.5, 0.6) is 5.75 Å². The summed E-state index contributed by atoms with van der Waals surface area (Å²) >= 11 is 5.55. The van der Waals surface area contributed by atoms with Crippen molar-refractivity contribution >= 4 is 47.2 Å². The van der Waals surface area contributed by atoms with Gasteiger partial charge < -0.3 is 25.1 Å². The number of hydrogen-bond acceptors (Lipinski definition) is 9. The molecule has 2 saturated carbocycles. The van der Waals surface area contributed by atoms with Crippen molar-refractivity contribution in [3.8, 4) is 11.8 Å². The lowest BCUT2D eigenvalue weighted by Crippen LogP contribution is -2.53. The average molecular weight is 835 g/mol. The molecule has 3 N–H and O–H groups in total. The number of amides is 4. The number of carbonyl (C=O) groups is 5. The van der Waals surface area contributed by atoms with Gasteiger partial charge in [0.05, 0.1) is 16.1 Å². The van der Waals surface area contributed by atoms with Gasteiger partial charge in [0.1, 0.15) is 17.9 Å². The Morgan fingerprint density at radius 2 is 1.63 bits per heavy atom. The number of nitrogens with one attached hydrogen (secondary N) is 2. The summed E-state index contributed by atoms with van der Waals surface area (Å²) in [6.45, 7) is 5.00. The number of anilines is 1. The van der Waals surface area contributed by atoms with Crippen molar-refractivity contribution < 1.29 is 29.1 Å². The summed E-state index contributed by atoms with van der Waals surface area (Å²) in [5.74, 6) is 1.71. The lowest BCUT2D eigenvalue weighted by molar-refractivity contribution is -0.136. The van der Waals surface area contributed by atoms with Crippen molar-refractivity contribution in [2.75, 3.05) is 44.7 Å². The number of phenolic OH excluding ortho intramolecular Hbond substituents is 1. The van der Waals surface area contributed by atoms with Crippen LogP contribution < -0.4 is 15.5 Å². The predicted octanol–water partition coefficient (Wildman–Crippen LogP) is 6.70. The first-order valence-electron chi connectivity index (χ1n) is 21.5. The molecule has 60 heavy (non-hydrogen) atoms. The van der Waals surface area contributed by atoms with Gasteiger partial charge in [-0.2, -0.15) is 5.26 Å². The molecular weight excluding hydrogens is 780 g/mol. The first-order chi connectivity index (χ1) is 29.0. The standard InChI is InChI=1S/C40H51N5O5.C7H4ClNO/c1-43(36-11-12-37(47)42-39(36)49)40(50)35-23-34(10-9-32(35)25-46)45-19-13-26(14-20-45)24-44-17-15-28(16-18-44)27-5-7-29(8-6-27)38(48)41-33-21-30-3-2-4-31(30)22-33;8-7-3-6(10)2-1-5(7)4-9/h5-10,23,25-26,28,30-31,33,36H,2-4,11-22,24H2,1H3,(H,41,48)(H,42,47,49);1-3,10H/t30-,31+,33?,36?;. The highest BCUT2D eigenvalue weighted by molar-refractivity contribution is 6.31. The quantitative estimate of drug-likeness (QED) is 0.157. The molecule has 316 valence electrons. The number of carbonyl (C=O) groups excluding carboxylic acids is 5. The highest BCUT2D eigenvalue weighted by Crippen LogP contribution is 2.44. The molecule has 2 aliphatic carbocycles. The van der Waals surface area contributed by atoms with E-state index >= 15 is 0 Å². The third kappa shape index (κ3) is 10.2. The third-order valence-electron chi connectivity index (χ3n) is 13.5. The van der Waals surface area contributed by atoms with Crippen LogP contribution in [0.1, 0.15) is 119 Å². The number of benzene rings is 3. The van der Waals surface area contributed by atoms with Gasteiger partial charge >= 0.3 is 0 Å². The molecule has 2 unspecified atom stereocenters. The highest BCUT2D eigenvalue weighted by atomic mass is 35.5. The number of halogens is 1. The summed E-state index contributed by atoms with van der Waals surface area (Å²) in [5, 5.41) is 23.1. The zero-order valence-corrected chi connectivity index (χ0v) is 35.0. The van der Waals surface area contributed by atoms with Crippen LogP contribution in [0.25, 0.3) is 0 Å². The highest BCUT2D eigenvalue weighted by Gasteiger charge is 2.38. The van der Waals surface area contributed by atoms with Crippen molar-refractivity contribution in [3.05, 3.63) is 93.5 Å². The Labute approximate surface area is 357 Å². The minimum atomic E-state index is -0.747. The number of aldehydes is 1. The first kappa shape index (κ1) is 42.9. The van der Waals surface area contributed by atoms with Gasteiger partial charge in [-0.3, -0.25) is 29.3 Å². The van der Waals surface area contributed by atoms with Gasteiger partial charge in [-0.05, 0) is 136 Å². The molecule has 3 saturated heterocycles. The van der Waals surface area contributed by atoms with Gasteiger partial charge in [-0.25, -0.2) is 0 Å². The maximum Gasteiger partial charge on any atom is 0.255 e. The maximum absolute atomic E-state index is 13.5. The molecule has 4 amide bonds. The van der Waals surface area contributed by atoms with Crippen LogP contribution in [0.2, 0.25) is 5.02 Å². The van der Waals surface area contributed by atoms with E-state index in [1.807, 2.05) is 24.3 Å². The van der Waals surface area contributed by atoms with E-state index in [9.17, 15) is 24.0 Å². The lowest BCUT2D eigenvalue weighted by atomic mass is 9.88. The van der Waals surface area contributed by atoms with E-state index in [1.54, 1.807) is 19.2 Å². The summed E-state index contributed by atoms with van der Waals surface area (Å²) in [5.41, 5.74) is 3.96. The van der Waals surface area contributed by atoms with Crippen LogP contribution in [0.3, 0.4) is 0 Å². The molecule has 0 aromatic heterocycles. The van der Waals surface area contributed by atoms with Crippen molar-refractivity contribution in [1.82, 2.24) is 20.4 Å². The second-order valence-electron chi connectivity index (χ2n) is 17.3. The minimum absolute atomic E-state index is 0.0731. The molecule has 0 spiro atoms. The molecule has 3 heterocycles. The van der Waals surface area contributed by atoms with Gasteiger partial charge in [0.15, 0.2) is 6.29 Å². The number of nitriles is 1. The molecule has 5 aliphatic rings. The van der Waals surface area contributed by atoms with Crippen LogP contribution in [-0.4, -0.2) is 96.7 Å². The zero-order chi connectivity index (χ0) is 42.3. The molecule has 5 fully saturated rings. The van der Waals surface area contributed by atoms with E-state index in [1.165, 1.54) is 47.9 Å². The number of rotatable bonds is 9. The summed E-state index contributed by atoms with van der Waals surface area (Å²) in [7, 11) is 1.55. The minimum Gasteiger partial charge on any atom is -0.508 e. The Bertz CT molecular complexity index is 2090. The van der Waals surface area contributed by atoms with Crippen LogP contribution in [-0.2, 0) is 9.59 Å². The second-order valence-corrected chi connectivity index (χ2v) is 17.7. The number of hydrogen-bond donors (Lipinski definition) is 3. The SMILES string of the molecule is CN(C(=O)c1cc(N2CCC(CN3CCC(c4ccc(C(=O)NC5C[C@H]6CCC[C@H]6C5)cc4)CC3)CC2)ccc1C=O)C1CCC(=O)NC1=O.N#Cc1ccc(O)cc1Cl. The molecule has 3 aliphatic heterocycles. The summed E-state index contributed by atoms with van der Waals surface area (Å²) in [4.78, 5) is 68.5. The smallest absolute Gasteiger partial charge is 0.255 e. The topological polar surface area (TPSA) is 163 Å². The van der Waals surface area contributed by atoms with E-state index in [4.69, 9.17) is 22.0 Å². The lowest BCUT2D eigenvalue weighted by Gasteiger charge is -2.38. The number of nitrogens with zero attached hydrogens (tertiary/aromatic N) is 4. The fraction of sp³-hybridized carbons (Fsp3) is 0.489. The largest absolute Gasteiger partial charge is 0.508 e. The molecule has 3 aromatic rings. The molecule has 3 aromatic carbocycles.